The van der Waals surface area contributed by atoms with Gasteiger partial charge in [-0.05, 0) is 12.1 Å². The Bertz CT molecular complexity index is 539. The van der Waals surface area contributed by atoms with Gasteiger partial charge in [-0.3, -0.25) is 9.64 Å². The number of fused-ring (bicyclic) bond motifs is 1. The van der Waals surface area contributed by atoms with Crippen LogP contribution in [-0.2, 0) is 0 Å². The lowest BCUT2D eigenvalue weighted by atomic mass is 10.3. The second kappa shape index (κ2) is 3.80. The molecule has 1 heterocycles. The highest BCUT2D eigenvalue weighted by molar-refractivity contribution is 5.87. The largest absolute Gasteiger partial charge is 0.745 e. The summed E-state index contributed by atoms with van der Waals surface area (Å²) < 4.78 is 2.30. The van der Waals surface area contributed by atoms with Crippen molar-refractivity contribution < 1.29 is 4.74 Å². The van der Waals surface area contributed by atoms with Crippen molar-refractivity contribution in [1.82, 2.24) is 19.9 Å². The lowest BCUT2D eigenvalue weighted by molar-refractivity contribution is -0.431. The van der Waals surface area contributed by atoms with Gasteiger partial charge in [0, 0.05) is 5.21 Å². The zero-order valence-corrected chi connectivity index (χ0v) is 9.45. The number of para-hydroxylation sites is 1. The Kier molecular flexibility index (Phi) is 2.47. The van der Waals surface area contributed by atoms with Gasteiger partial charge >= 0.3 is 5.96 Å². The fraction of sp³-hybridized carbons (Fsp3) is 0.300. The first-order chi connectivity index (χ1) is 7.61. The first-order valence-electron chi connectivity index (χ1n) is 4.87. The number of hydrogen-bond donors (Lipinski definition) is 0. The first kappa shape index (κ1) is 10.4. The molecule has 0 unspecified atom stereocenters. The third kappa shape index (κ3) is 1.58. The fourth-order valence-electron chi connectivity index (χ4n) is 1.62. The van der Waals surface area contributed by atoms with Gasteiger partial charge in [0.1, 0.15) is 5.52 Å². The maximum absolute atomic E-state index is 11.5. The number of aromatic nitrogens is 3. The Hall–Kier alpha value is -2.11. The van der Waals surface area contributed by atoms with Crippen molar-refractivity contribution in [3.8, 4) is 0 Å². The molecule has 2 aromatic rings. The van der Waals surface area contributed by atoms with Crippen LogP contribution in [0.1, 0.15) is 0 Å². The molecular weight excluding hydrogens is 206 g/mol. The molecule has 0 aliphatic carbocycles. The van der Waals surface area contributed by atoms with Crippen LogP contribution in [0.4, 0.5) is 0 Å². The van der Waals surface area contributed by atoms with Gasteiger partial charge in [0.2, 0.25) is 0 Å². The molecule has 16 heavy (non-hydrogen) atoms. The van der Waals surface area contributed by atoms with Crippen LogP contribution >= 0.6 is 0 Å². The van der Waals surface area contributed by atoms with E-state index in [1.54, 1.807) is 19.0 Å². The van der Waals surface area contributed by atoms with Crippen LogP contribution in [0.5, 0.6) is 0 Å². The number of hydroxylamine groups is 1. The first-order valence-corrected chi connectivity index (χ1v) is 4.87. The lowest BCUT2D eigenvalue weighted by Crippen LogP contribution is -2.36. The van der Waals surface area contributed by atoms with E-state index in [2.05, 4.69) is 10.3 Å². The highest BCUT2D eigenvalue weighted by atomic mass is 16.5. The van der Waals surface area contributed by atoms with Crippen LogP contribution in [0.2, 0.25) is 0 Å². The molecule has 1 aromatic heterocycles. The summed E-state index contributed by atoms with van der Waals surface area (Å²) in [6, 6.07) is 7.51. The summed E-state index contributed by atoms with van der Waals surface area (Å²) in [6.07, 6.45) is 0. The quantitative estimate of drug-likeness (QED) is 0.211. The minimum absolute atomic E-state index is 0.425. The Balaban J connectivity index is 2.67. The van der Waals surface area contributed by atoms with E-state index in [0.29, 0.717) is 5.96 Å². The third-order valence-electron chi connectivity index (χ3n) is 2.22. The van der Waals surface area contributed by atoms with Gasteiger partial charge in [-0.1, -0.05) is 16.8 Å². The summed E-state index contributed by atoms with van der Waals surface area (Å²) in [5.41, 5.74) is 1.58. The lowest BCUT2D eigenvalue weighted by Gasteiger charge is -2.14. The molecule has 0 aliphatic rings. The van der Waals surface area contributed by atoms with Crippen molar-refractivity contribution in [1.29, 1.82) is 0 Å². The maximum atomic E-state index is 11.5. The van der Waals surface area contributed by atoms with Crippen molar-refractivity contribution in [2.75, 3.05) is 21.1 Å². The van der Waals surface area contributed by atoms with E-state index in [0.717, 1.165) is 15.8 Å². The topological polar surface area (TPSA) is 60.0 Å². The monoisotopic (exact) mass is 219 g/mol. The van der Waals surface area contributed by atoms with Crippen molar-refractivity contribution in [2.24, 2.45) is 0 Å². The molecule has 6 nitrogen and oxygen atoms in total. The zero-order chi connectivity index (χ0) is 11.7. The summed E-state index contributed by atoms with van der Waals surface area (Å²) >= 11 is 0. The normalized spacial score (nSPS) is 12.7. The molecule has 2 rings (SSSR count). The van der Waals surface area contributed by atoms with E-state index < -0.39 is 0 Å². The summed E-state index contributed by atoms with van der Waals surface area (Å²) in [5, 5.41) is 19.5. The minimum atomic E-state index is 0.425. The van der Waals surface area contributed by atoms with Crippen LogP contribution < -0.4 is 0 Å². The molecule has 0 bridgehead atoms. The van der Waals surface area contributed by atoms with E-state index in [9.17, 15) is 5.21 Å². The molecule has 0 radical (unpaired) electrons. The zero-order valence-electron chi connectivity index (χ0n) is 9.45. The Morgan fingerprint density at radius 1 is 1.38 bits per heavy atom. The minimum Gasteiger partial charge on any atom is -0.745 e. The smallest absolute Gasteiger partial charge is 0.381 e. The highest BCUT2D eigenvalue weighted by Gasteiger charge is 2.19. The predicted molar refractivity (Wildman–Crippen MR) is 61.2 cm³/mol. The summed E-state index contributed by atoms with van der Waals surface area (Å²) in [6.45, 7) is 0. The molecular formula is C10H13N5O. The van der Waals surface area contributed by atoms with Crippen LogP contribution in [0, 0.1) is 5.21 Å². The summed E-state index contributed by atoms with van der Waals surface area (Å²) in [5.74, 6) is 0.425. The van der Waals surface area contributed by atoms with Gasteiger partial charge in [0.25, 0.3) is 0 Å². The van der Waals surface area contributed by atoms with Gasteiger partial charge in [-0.25, -0.2) is 0 Å². The molecule has 0 amide bonds. The average molecular weight is 219 g/mol. The molecule has 84 valence electrons. The highest BCUT2D eigenvalue weighted by Crippen LogP contribution is 2.09. The number of nitrogens with zero attached hydrogens (tertiary/aromatic N) is 5. The van der Waals surface area contributed by atoms with Crippen molar-refractivity contribution in [3.63, 3.8) is 0 Å². The molecule has 0 saturated heterocycles. The molecule has 0 spiro atoms. The third-order valence-corrected chi connectivity index (χ3v) is 2.22. The summed E-state index contributed by atoms with van der Waals surface area (Å²) in [4.78, 5) is 1.70. The van der Waals surface area contributed by atoms with E-state index >= 15 is 0 Å². The molecule has 0 N–H and O–H groups in total. The molecule has 0 fully saturated rings. The SMILES string of the molecule is CN(C)/C(n1nnc2ccccc21)=[N+](\C)[O-]. The van der Waals surface area contributed by atoms with E-state index in [1.807, 2.05) is 24.3 Å². The van der Waals surface area contributed by atoms with E-state index in [-0.39, 0.29) is 0 Å². The van der Waals surface area contributed by atoms with Gasteiger partial charge in [0.05, 0.1) is 21.1 Å². The Labute approximate surface area is 93.0 Å². The van der Waals surface area contributed by atoms with Crippen molar-refractivity contribution in [3.05, 3.63) is 29.5 Å². The molecule has 1 aromatic carbocycles. The van der Waals surface area contributed by atoms with Gasteiger partial charge in [-0.15, -0.1) is 5.10 Å². The Morgan fingerprint density at radius 3 is 2.69 bits per heavy atom. The molecule has 0 saturated carbocycles. The van der Waals surface area contributed by atoms with Crippen LogP contribution in [0.25, 0.3) is 11.0 Å². The van der Waals surface area contributed by atoms with Gasteiger partial charge in [0.15, 0.2) is 5.52 Å². The second-order valence-electron chi connectivity index (χ2n) is 3.68. The van der Waals surface area contributed by atoms with Crippen molar-refractivity contribution in [2.45, 2.75) is 0 Å². The van der Waals surface area contributed by atoms with Gasteiger partial charge < -0.3 is 5.21 Å². The fourth-order valence-corrected chi connectivity index (χ4v) is 1.62. The number of hydrogen-bond acceptors (Lipinski definition) is 3. The van der Waals surface area contributed by atoms with Crippen LogP contribution in [-0.4, -0.2) is 51.7 Å². The molecule has 6 heteroatoms. The molecule has 0 aliphatic heterocycles. The van der Waals surface area contributed by atoms with Crippen molar-refractivity contribution >= 4 is 17.0 Å². The van der Waals surface area contributed by atoms with E-state index in [1.165, 1.54) is 11.7 Å². The standard InChI is InChI=1S/C10H13N5O/c1-13(2)10(14(3)16)15-9-7-5-4-6-8(9)11-12-15/h4-7H,1-3H3/b14-10-. The number of benzene rings is 1. The van der Waals surface area contributed by atoms with E-state index in [4.69, 9.17) is 0 Å². The van der Waals surface area contributed by atoms with Crippen LogP contribution in [0.15, 0.2) is 24.3 Å². The van der Waals surface area contributed by atoms with Gasteiger partial charge in [-0.2, -0.15) is 0 Å². The number of rotatable bonds is 0. The average Bonchev–Trinajstić information content (AvgIpc) is 2.61. The van der Waals surface area contributed by atoms with Crippen LogP contribution in [0.3, 0.4) is 0 Å². The maximum Gasteiger partial charge on any atom is 0.381 e. The second-order valence-corrected chi connectivity index (χ2v) is 3.68. The molecule has 0 atom stereocenters. The Morgan fingerprint density at radius 2 is 2.06 bits per heavy atom. The summed E-state index contributed by atoms with van der Waals surface area (Å²) in [7, 11) is 5.02. The predicted octanol–water partition coefficient (Wildman–Crippen LogP) is 0.337.